The second kappa shape index (κ2) is 27.7. The molecule has 0 radical (unpaired) electrons. The van der Waals surface area contributed by atoms with Crippen LogP contribution in [0.2, 0.25) is 0 Å². The Kier molecular flexibility index (Phi) is 24.0. The zero-order chi connectivity index (χ0) is 47.2. The van der Waals surface area contributed by atoms with Gasteiger partial charge in [0.15, 0.2) is 0 Å². The molecule has 21 nitrogen and oxygen atoms in total. The first-order valence-corrected chi connectivity index (χ1v) is 22.9. The van der Waals surface area contributed by atoms with Crippen LogP contribution in [0, 0.1) is 0 Å². The molecule has 2 aliphatic rings. The quantitative estimate of drug-likeness (QED) is 0.0219. The Morgan fingerprint density at radius 1 is 0.841 bits per heavy atom. The number of amides is 10. The van der Waals surface area contributed by atoms with Gasteiger partial charge in [-0.25, -0.2) is 4.79 Å². The van der Waals surface area contributed by atoms with E-state index in [0.29, 0.717) is 70.7 Å². The summed E-state index contributed by atoms with van der Waals surface area (Å²) < 4.78 is 6.10. The highest BCUT2D eigenvalue weighted by Gasteiger charge is 2.39. The normalized spacial score (nSPS) is 17.0. The van der Waals surface area contributed by atoms with E-state index in [1.54, 1.807) is 27.7 Å². The Morgan fingerprint density at radius 2 is 1.51 bits per heavy atom. The van der Waals surface area contributed by atoms with Crippen molar-refractivity contribution in [1.82, 2.24) is 51.8 Å². The molecule has 0 spiro atoms. The fourth-order valence-corrected chi connectivity index (χ4v) is 7.66. The zero-order valence-corrected chi connectivity index (χ0v) is 39.1. The van der Waals surface area contributed by atoms with E-state index in [1.807, 2.05) is 18.7 Å². The van der Waals surface area contributed by atoms with E-state index in [2.05, 4.69) is 42.0 Å². The molecule has 0 aliphatic carbocycles. The standard InChI is InChI=1S/C40H72BN11O10S/c1-7-30(53)47-28(35(42)58)10-8-9-14-43-31(54)11-13-40(5,6)62-26-39(3,4)48-32(55)12-17-52-34(57)24-29(37(52)60)63-23-16-44-33(56)25-51-21-19-50(20-22-51)18-15-45-38(61)46-27(2)36(59)49-41/h27-29H,7-26,41H2,1-6H3,(H2,42,58)(H,43,54)(H,44,56)(H,47,53)(H,48,55)(H,49,59)(H2,45,46,61)/t27-,28-,29?/m0/s1. The second-order valence-corrected chi connectivity index (χ2v) is 18.4. The monoisotopic (exact) mass is 910 g/mol. The predicted octanol–water partition coefficient (Wildman–Crippen LogP) is -2.54. The lowest BCUT2D eigenvalue weighted by molar-refractivity contribution is -0.139. The number of primary amides is 1. The summed E-state index contributed by atoms with van der Waals surface area (Å²) in [6.07, 6.45) is 2.46. The highest BCUT2D eigenvalue weighted by Crippen LogP contribution is 2.25. The van der Waals surface area contributed by atoms with Gasteiger partial charge in [0, 0.05) is 90.3 Å². The molecule has 23 heteroatoms. The Balaban J connectivity index is 1.59. The van der Waals surface area contributed by atoms with Gasteiger partial charge in [0.2, 0.25) is 55.2 Å². The molecule has 2 heterocycles. The number of likely N-dealkylation sites (tertiary alicyclic amines) is 1. The van der Waals surface area contributed by atoms with E-state index in [1.165, 1.54) is 19.7 Å². The summed E-state index contributed by atoms with van der Waals surface area (Å²) in [6, 6.07) is -1.78. The molecule has 2 aliphatic heterocycles. The number of carbonyl (C=O) groups excluding carboxylic acids is 9. The third kappa shape index (κ3) is 22.1. The Labute approximate surface area is 376 Å². The second-order valence-electron chi connectivity index (χ2n) is 17.1. The molecule has 0 aromatic rings. The van der Waals surface area contributed by atoms with Gasteiger partial charge in [0.05, 0.1) is 29.5 Å². The van der Waals surface area contributed by atoms with Gasteiger partial charge < -0.3 is 47.6 Å². The Morgan fingerprint density at radius 3 is 2.16 bits per heavy atom. The maximum atomic E-state index is 13.0. The van der Waals surface area contributed by atoms with Crippen molar-refractivity contribution in [1.29, 1.82) is 0 Å². The number of rotatable bonds is 29. The highest BCUT2D eigenvalue weighted by atomic mass is 32.2. The van der Waals surface area contributed by atoms with Gasteiger partial charge in [-0.05, 0) is 60.3 Å². The fourth-order valence-electron chi connectivity index (χ4n) is 6.62. The summed E-state index contributed by atoms with van der Waals surface area (Å²) in [5.74, 6) is -1.99. The summed E-state index contributed by atoms with van der Waals surface area (Å²) in [4.78, 5) is 116. The average Bonchev–Trinajstić information content (AvgIpc) is 3.50. The van der Waals surface area contributed by atoms with Crippen LogP contribution in [0.5, 0.6) is 0 Å². The van der Waals surface area contributed by atoms with Crippen LogP contribution in [-0.2, 0) is 43.1 Å². The van der Waals surface area contributed by atoms with E-state index < -0.39 is 40.4 Å². The van der Waals surface area contributed by atoms with Crippen LogP contribution in [0.1, 0.15) is 92.9 Å². The highest BCUT2D eigenvalue weighted by molar-refractivity contribution is 8.00. The van der Waals surface area contributed by atoms with Crippen LogP contribution in [0.3, 0.4) is 0 Å². The minimum Gasteiger partial charge on any atom is -0.404 e. The molecule has 9 N–H and O–H groups in total. The van der Waals surface area contributed by atoms with Gasteiger partial charge in [0.1, 0.15) is 12.1 Å². The maximum absolute atomic E-state index is 13.0. The molecular formula is C40H72BN11O10S. The number of piperazine rings is 1. The number of imide groups is 1. The number of ether oxygens (including phenoxy) is 1. The minimum atomic E-state index is -0.777. The summed E-state index contributed by atoms with van der Waals surface area (Å²) in [5, 5.41) is 18.5. The molecule has 10 amide bonds. The summed E-state index contributed by atoms with van der Waals surface area (Å²) >= 11 is 1.30. The molecule has 0 saturated carbocycles. The van der Waals surface area contributed by atoms with Crippen molar-refractivity contribution in [3.8, 4) is 0 Å². The first-order valence-electron chi connectivity index (χ1n) is 21.9. The van der Waals surface area contributed by atoms with E-state index in [4.69, 9.17) is 10.5 Å². The van der Waals surface area contributed by atoms with Gasteiger partial charge in [-0.1, -0.05) is 6.92 Å². The fraction of sp³-hybridized carbons (Fsp3) is 0.775. The van der Waals surface area contributed by atoms with Crippen molar-refractivity contribution in [2.24, 2.45) is 5.73 Å². The first kappa shape index (κ1) is 54.7. The molecule has 2 rings (SSSR count). The Hall–Kier alpha value is -4.48. The number of hydrogen-bond donors (Lipinski definition) is 8. The predicted molar refractivity (Wildman–Crippen MR) is 241 cm³/mol. The van der Waals surface area contributed by atoms with Crippen molar-refractivity contribution in [3.05, 3.63) is 0 Å². The van der Waals surface area contributed by atoms with Crippen LogP contribution in [-0.4, -0.2) is 182 Å². The smallest absolute Gasteiger partial charge is 0.315 e. The van der Waals surface area contributed by atoms with Gasteiger partial charge in [0.25, 0.3) is 0 Å². The number of urea groups is 1. The topological polar surface area (TPSA) is 283 Å². The third-order valence-corrected chi connectivity index (χ3v) is 11.7. The molecule has 356 valence electrons. The number of carbonyl (C=O) groups is 9. The van der Waals surface area contributed by atoms with Crippen LogP contribution in [0.15, 0.2) is 0 Å². The summed E-state index contributed by atoms with van der Waals surface area (Å²) in [5.41, 5.74) is 3.91. The lowest BCUT2D eigenvalue weighted by atomic mass is 10.0. The van der Waals surface area contributed by atoms with Crippen LogP contribution >= 0.6 is 11.8 Å². The van der Waals surface area contributed by atoms with Crippen LogP contribution in [0.25, 0.3) is 0 Å². The molecule has 2 fully saturated rings. The van der Waals surface area contributed by atoms with E-state index in [0.717, 1.165) is 18.0 Å². The Bertz CT molecular complexity index is 1580. The number of nitrogens with one attached hydrogen (secondary N) is 7. The first-order chi connectivity index (χ1) is 29.6. The van der Waals surface area contributed by atoms with Gasteiger partial charge in [-0.2, -0.15) is 0 Å². The van der Waals surface area contributed by atoms with Crippen LogP contribution < -0.4 is 42.9 Å². The summed E-state index contributed by atoms with van der Waals surface area (Å²) in [7, 11) is 1.50. The molecular weight excluding hydrogens is 837 g/mol. The lowest BCUT2D eigenvalue weighted by Gasteiger charge is -2.34. The van der Waals surface area contributed by atoms with E-state index >= 15 is 0 Å². The van der Waals surface area contributed by atoms with Crippen molar-refractivity contribution in [2.75, 3.05) is 77.8 Å². The molecule has 0 aromatic carbocycles. The molecule has 0 bridgehead atoms. The third-order valence-electron chi connectivity index (χ3n) is 10.5. The van der Waals surface area contributed by atoms with E-state index in [9.17, 15) is 43.2 Å². The van der Waals surface area contributed by atoms with Gasteiger partial charge in [-0.3, -0.25) is 53.1 Å². The number of unbranched alkanes of at least 4 members (excludes halogenated alkanes) is 1. The maximum Gasteiger partial charge on any atom is 0.315 e. The SMILES string of the molecule is BNC(=O)[C@H](C)NC(=O)NCCN1CCN(CC(=O)NCCSC2CC(=O)N(CCC(=O)NC(C)(C)COC(C)(C)CCC(=O)NCCCC[C@H](NC(=O)CC)C(N)=O)C2=O)CC1. The lowest BCUT2D eigenvalue weighted by Crippen LogP contribution is -2.52. The van der Waals surface area contributed by atoms with Gasteiger partial charge >= 0.3 is 6.03 Å². The van der Waals surface area contributed by atoms with Gasteiger partial charge in [-0.15, -0.1) is 11.8 Å². The van der Waals surface area contributed by atoms with Crippen molar-refractivity contribution in [3.63, 3.8) is 0 Å². The van der Waals surface area contributed by atoms with Crippen molar-refractivity contribution >= 4 is 73.0 Å². The number of hydrogen-bond acceptors (Lipinski definition) is 13. The molecule has 2 saturated heterocycles. The van der Waals surface area contributed by atoms with Crippen LogP contribution in [0.4, 0.5) is 4.79 Å². The summed E-state index contributed by atoms with van der Waals surface area (Å²) in [6.45, 7) is 15.6. The number of thioether (sulfide) groups is 1. The number of nitrogens with two attached hydrogens (primary N) is 1. The molecule has 0 aromatic heterocycles. The van der Waals surface area contributed by atoms with Crippen molar-refractivity contribution < 1.29 is 47.9 Å². The molecule has 3 atom stereocenters. The van der Waals surface area contributed by atoms with E-state index in [-0.39, 0.29) is 86.7 Å². The minimum absolute atomic E-state index is 0.0303. The zero-order valence-electron chi connectivity index (χ0n) is 38.3. The average molecular weight is 910 g/mol. The number of nitrogens with zero attached hydrogens (tertiary/aromatic N) is 3. The molecule has 1 unspecified atom stereocenters. The molecule has 63 heavy (non-hydrogen) atoms. The van der Waals surface area contributed by atoms with Crippen molar-refractivity contribution in [2.45, 2.75) is 121 Å². The largest absolute Gasteiger partial charge is 0.404 e.